The first-order valence-corrected chi connectivity index (χ1v) is 8.43. The smallest absolute Gasteiger partial charge is 0.237 e. The third-order valence-corrected chi connectivity index (χ3v) is 4.64. The van der Waals surface area contributed by atoms with Crippen molar-refractivity contribution in [1.29, 1.82) is 0 Å². The van der Waals surface area contributed by atoms with Crippen molar-refractivity contribution < 1.29 is 9.59 Å². The average Bonchev–Trinajstić information content (AvgIpc) is 2.56. The summed E-state index contributed by atoms with van der Waals surface area (Å²) in [6, 6.07) is 11.0. The lowest BCUT2D eigenvalue weighted by Gasteiger charge is -2.28. The molecule has 0 saturated carbocycles. The van der Waals surface area contributed by atoms with Gasteiger partial charge in [0.2, 0.25) is 11.8 Å². The Morgan fingerprint density at radius 3 is 2.91 bits per heavy atom. The summed E-state index contributed by atoms with van der Waals surface area (Å²) in [5.41, 5.74) is 0.867. The number of rotatable bonds is 4. The van der Waals surface area contributed by atoms with Gasteiger partial charge in [-0.2, -0.15) is 0 Å². The molecular formula is C16H14ClN3O2S. The Labute approximate surface area is 143 Å². The summed E-state index contributed by atoms with van der Waals surface area (Å²) < 4.78 is 0. The summed E-state index contributed by atoms with van der Waals surface area (Å²) in [6.45, 7) is 0.343. The number of nitrogens with zero attached hydrogens (tertiary/aromatic N) is 2. The Hall–Kier alpha value is -2.05. The number of para-hydroxylation sites is 1. The van der Waals surface area contributed by atoms with Gasteiger partial charge in [0, 0.05) is 24.1 Å². The number of carbonyl (C=O) groups is 2. The molecule has 5 nitrogen and oxygen atoms in total. The van der Waals surface area contributed by atoms with E-state index in [9.17, 15) is 9.59 Å². The molecule has 0 fully saturated rings. The van der Waals surface area contributed by atoms with Gasteiger partial charge in [-0.1, -0.05) is 23.7 Å². The van der Waals surface area contributed by atoms with E-state index in [4.69, 9.17) is 11.6 Å². The number of thioether (sulfide) groups is 1. The summed E-state index contributed by atoms with van der Waals surface area (Å²) in [5, 5.41) is 3.21. The van der Waals surface area contributed by atoms with Crippen LogP contribution < -0.4 is 10.2 Å². The van der Waals surface area contributed by atoms with Gasteiger partial charge in [-0.25, -0.2) is 4.98 Å². The molecule has 1 aliphatic heterocycles. The first kappa shape index (κ1) is 15.8. The summed E-state index contributed by atoms with van der Waals surface area (Å²) in [7, 11) is 0. The number of nitrogens with one attached hydrogen (secondary N) is 1. The van der Waals surface area contributed by atoms with Crippen molar-refractivity contribution in [2.24, 2.45) is 0 Å². The third-order valence-electron chi connectivity index (χ3n) is 3.37. The molecule has 0 radical (unpaired) electrons. The minimum atomic E-state index is -0.191. The van der Waals surface area contributed by atoms with E-state index in [1.165, 1.54) is 18.0 Å². The van der Waals surface area contributed by atoms with Gasteiger partial charge >= 0.3 is 0 Å². The van der Waals surface area contributed by atoms with E-state index < -0.39 is 0 Å². The van der Waals surface area contributed by atoms with Crippen molar-refractivity contribution >= 4 is 46.7 Å². The quantitative estimate of drug-likeness (QED) is 0.922. The Morgan fingerprint density at radius 2 is 2.13 bits per heavy atom. The van der Waals surface area contributed by atoms with E-state index in [0.717, 1.165) is 10.6 Å². The fraction of sp³-hybridized carbons (Fsp3) is 0.188. The van der Waals surface area contributed by atoms with Gasteiger partial charge in [0.15, 0.2) is 0 Å². The van der Waals surface area contributed by atoms with Crippen molar-refractivity contribution in [3.8, 4) is 0 Å². The highest BCUT2D eigenvalue weighted by atomic mass is 35.5. The van der Waals surface area contributed by atoms with E-state index in [0.29, 0.717) is 23.1 Å². The number of fused-ring (bicyclic) bond motifs is 1. The summed E-state index contributed by atoms with van der Waals surface area (Å²) in [6.07, 6.45) is 1.67. The minimum Gasteiger partial charge on any atom is -0.311 e. The summed E-state index contributed by atoms with van der Waals surface area (Å²) >= 11 is 7.28. The van der Waals surface area contributed by atoms with E-state index in [1.807, 2.05) is 24.3 Å². The molecule has 3 rings (SSSR count). The van der Waals surface area contributed by atoms with Crippen LogP contribution >= 0.6 is 23.4 Å². The molecule has 2 aromatic rings. The molecule has 0 bridgehead atoms. The second-order valence-corrected chi connectivity index (χ2v) is 6.42. The molecule has 2 amide bonds. The molecule has 7 heteroatoms. The van der Waals surface area contributed by atoms with Crippen LogP contribution in [0.1, 0.15) is 6.42 Å². The molecule has 0 atom stereocenters. The monoisotopic (exact) mass is 347 g/mol. The van der Waals surface area contributed by atoms with Gasteiger partial charge in [0.1, 0.15) is 5.82 Å². The molecule has 1 N–H and O–H groups in total. The number of aromatic nitrogens is 1. The summed E-state index contributed by atoms with van der Waals surface area (Å²) in [4.78, 5) is 30.9. The van der Waals surface area contributed by atoms with Crippen LogP contribution in [0, 0.1) is 0 Å². The van der Waals surface area contributed by atoms with Crippen LogP contribution in [-0.4, -0.2) is 29.1 Å². The zero-order chi connectivity index (χ0) is 16.2. The van der Waals surface area contributed by atoms with Gasteiger partial charge in [0.25, 0.3) is 0 Å². The van der Waals surface area contributed by atoms with Crippen molar-refractivity contribution in [3.05, 3.63) is 47.6 Å². The number of hydrogen-bond acceptors (Lipinski definition) is 4. The zero-order valence-electron chi connectivity index (χ0n) is 12.2. The Bertz CT molecular complexity index is 736. The van der Waals surface area contributed by atoms with Gasteiger partial charge in [-0.3, -0.25) is 9.59 Å². The predicted octanol–water partition coefficient (Wildman–Crippen LogP) is 3.20. The summed E-state index contributed by atoms with van der Waals surface area (Å²) in [5.74, 6) is 0.673. The molecule has 1 aliphatic rings. The molecule has 0 unspecified atom stereocenters. The zero-order valence-corrected chi connectivity index (χ0v) is 13.7. The van der Waals surface area contributed by atoms with Crippen LogP contribution in [-0.2, 0) is 9.59 Å². The molecule has 0 spiro atoms. The van der Waals surface area contributed by atoms with Crippen LogP contribution in [0.25, 0.3) is 0 Å². The predicted molar refractivity (Wildman–Crippen MR) is 92.0 cm³/mol. The van der Waals surface area contributed by atoms with Gasteiger partial charge < -0.3 is 10.2 Å². The molecule has 23 heavy (non-hydrogen) atoms. The number of carbonyl (C=O) groups excluding carboxylic acids is 2. The second kappa shape index (κ2) is 7.02. The van der Waals surface area contributed by atoms with Crippen LogP contribution in [0.2, 0.25) is 5.02 Å². The maximum Gasteiger partial charge on any atom is 0.237 e. The van der Waals surface area contributed by atoms with Gasteiger partial charge in [0.05, 0.1) is 16.5 Å². The normalized spacial score (nSPS) is 13.6. The largest absolute Gasteiger partial charge is 0.311 e. The van der Waals surface area contributed by atoms with Crippen LogP contribution in [0.4, 0.5) is 11.5 Å². The SMILES string of the molecule is O=C(CCN1C(=O)CSc2ccccc21)Nc1ccc(Cl)cn1. The molecule has 2 heterocycles. The third kappa shape index (κ3) is 3.83. The van der Waals surface area contributed by atoms with Crippen molar-refractivity contribution in [2.45, 2.75) is 11.3 Å². The Kier molecular flexibility index (Phi) is 4.83. The maximum atomic E-state index is 12.1. The Balaban J connectivity index is 1.62. The number of benzene rings is 1. The molecule has 1 aromatic carbocycles. The van der Waals surface area contributed by atoms with Crippen LogP contribution in [0.15, 0.2) is 47.5 Å². The van der Waals surface area contributed by atoms with Crippen LogP contribution in [0.3, 0.4) is 0 Å². The van der Waals surface area contributed by atoms with Gasteiger partial charge in [-0.15, -0.1) is 11.8 Å². The van der Waals surface area contributed by atoms with E-state index in [1.54, 1.807) is 17.0 Å². The molecule has 0 aliphatic carbocycles. The second-order valence-electron chi connectivity index (χ2n) is 4.96. The fourth-order valence-corrected chi connectivity index (χ4v) is 3.32. The molecular weight excluding hydrogens is 334 g/mol. The standard InChI is InChI=1S/C16H14ClN3O2S/c17-11-5-6-14(18-9-11)19-15(21)7-8-20-12-3-1-2-4-13(12)23-10-16(20)22/h1-6,9H,7-8,10H2,(H,18,19,21). The number of hydrogen-bond donors (Lipinski definition) is 1. The lowest BCUT2D eigenvalue weighted by Crippen LogP contribution is -2.37. The highest BCUT2D eigenvalue weighted by Crippen LogP contribution is 2.34. The maximum absolute atomic E-state index is 12.1. The van der Waals surface area contributed by atoms with E-state index >= 15 is 0 Å². The average molecular weight is 348 g/mol. The fourth-order valence-electron chi connectivity index (χ4n) is 2.27. The number of amides is 2. The van der Waals surface area contributed by atoms with Crippen molar-refractivity contribution in [1.82, 2.24) is 4.98 Å². The van der Waals surface area contributed by atoms with Crippen molar-refractivity contribution in [3.63, 3.8) is 0 Å². The van der Waals surface area contributed by atoms with Crippen LogP contribution in [0.5, 0.6) is 0 Å². The first-order chi connectivity index (χ1) is 11.1. The molecule has 1 aromatic heterocycles. The highest BCUT2D eigenvalue weighted by Gasteiger charge is 2.24. The van der Waals surface area contributed by atoms with E-state index in [2.05, 4.69) is 10.3 Å². The lowest BCUT2D eigenvalue weighted by atomic mass is 10.2. The molecule has 0 saturated heterocycles. The number of halogens is 1. The highest BCUT2D eigenvalue weighted by molar-refractivity contribution is 8.00. The number of pyridine rings is 1. The first-order valence-electron chi connectivity index (χ1n) is 7.07. The van der Waals surface area contributed by atoms with E-state index in [-0.39, 0.29) is 18.2 Å². The minimum absolute atomic E-state index is 0.0196. The topological polar surface area (TPSA) is 62.3 Å². The molecule has 118 valence electrons. The Morgan fingerprint density at radius 1 is 1.30 bits per heavy atom. The lowest BCUT2D eigenvalue weighted by molar-refractivity contribution is -0.117. The van der Waals surface area contributed by atoms with Crippen molar-refractivity contribution in [2.75, 3.05) is 22.5 Å². The number of anilines is 2. The van der Waals surface area contributed by atoms with Gasteiger partial charge in [-0.05, 0) is 24.3 Å².